The van der Waals surface area contributed by atoms with Gasteiger partial charge in [-0.05, 0) is 53.8 Å². The summed E-state index contributed by atoms with van der Waals surface area (Å²) in [6.07, 6.45) is 5.19. The van der Waals surface area contributed by atoms with Crippen LogP contribution in [0.3, 0.4) is 0 Å². The molecule has 0 fully saturated rings. The molecule has 5 heteroatoms. The van der Waals surface area contributed by atoms with Gasteiger partial charge in [0.25, 0.3) is 0 Å². The maximum Gasteiger partial charge on any atom is 0.165 e. The number of aromatic nitrogens is 1. The van der Waals surface area contributed by atoms with Crippen molar-refractivity contribution in [2.24, 2.45) is 0 Å². The normalized spacial score (nSPS) is 15.9. The fraction of sp³-hybridized carbons (Fsp3) is 0.227. The number of aryl methyl sites for hydroxylation is 1. The minimum Gasteiger partial charge on any atom is -0.486 e. The molecule has 0 amide bonds. The Balaban J connectivity index is 1.35. The monoisotopic (exact) mass is 366 g/mol. The van der Waals surface area contributed by atoms with E-state index in [0.29, 0.717) is 18.8 Å². The highest BCUT2D eigenvalue weighted by molar-refractivity contribution is 5.62. The van der Waals surface area contributed by atoms with E-state index < -0.39 is 0 Å². The number of halogens is 2. The summed E-state index contributed by atoms with van der Waals surface area (Å²) in [5.41, 5.74) is 3.83. The quantitative estimate of drug-likeness (QED) is 0.721. The van der Waals surface area contributed by atoms with Crippen LogP contribution in [0.15, 0.2) is 60.9 Å². The van der Waals surface area contributed by atoms with E-state index in [4.69, 9.17) is 4.74 Å². The average Bonchev–Trinajstić information content (AvgIpc) is 2.69. The molecule has 1 N–H and O–H groups in total. The zero-order valence-corrected chi connectivity index (χ0v) is 14.8. The van der Waals surface area contributed by atoms with Crippen LogP contribution in [0.2, 0.25) is 0 Å². The van der Waals surface area contributed by atoms with Crippen LogP contribution in [0.4, 0.5) is 8.78 Å². The highest BCUT2D eigenvalue weighted by Crippen LogP contribution is 2.30. The molecule has 1 aliphatic rings. The van der Waals surface area contributed by atoms with Gasteiger partial charge in [-0.2, -0.15) is 0 Å². The Labute approximate surface area is 157 Å². The molecular weight excluding hydrogens is 346 g/mol. The van der Waals surface area contributed by atoms with Crippen molar-refractivity contribution in [1.82, 2.24) is 10.3 Å². The molecule has 0 saturated heterocycles. The number of benzene rings is 2. The van der Waals surface area contributed by atoms with Gasteiger partial charge in [-0.3, -0.25) is 4.98 Å². The third kappa shape index (κ3) is 4.14. The smallest absolute Gasteiger partial charge is 0.165 e. The number of nitrogens with one attached hydrogen (secondary N) is 1. The molecule has 1 aliphatic heterocycles. The van der Waals surface area contributed by atoms with Crippen molar-refractivity contribution in [3.05, 3.63) is 83.7 Å². The molecule has 4 rings (SSSR count). The average molecular weight is 366 g/mol. The standard InChI is InChI=1S/C22H20F2N2O/c23-19-7-4-16(5-8-19)18-10-15(11-25-13-18)12-26-14-20-9-6-17-2-1-3-21(24)22(17)27-20/h1-5,7-8,10-11,13,20,26H,6,9,12,14H2. The van der Waals surface area contributed by atoms with Crippen molar-refractivity contribution in [3.63, 3.8) is 0 Å². The van der Waals surface area contributed by atoms with E-state index >= 15 is 0 Å². The Bertz CT molecular complexity index is 928. The van der Waals surface area contributed by atoms with Crippen molar-refractivity contribution in [2.45, 2.75) is 25.5 Å². The number of pyridine rings is 1. The van der Waals surface area contributed by atoms with Crippen LogP contribution in [-0.2, 0) is 13.0 Å². The fourth-order valence-electron chi connectivity index (χ4n) is 3.33. The van der Waals surface area contributed by atoms with Gasteiger partial charge in [0.05, 0.1) is 0 Å². The second-order valence-electron chi connectivity index (χ2n) is 6.73. The van der Waals surface area contributed by atoms with E-state index in [9.17, 15) is 8.78 Å². The lowest BCUT2D eigenvalue weighted by Gasteiger charge is -2.26. The van der Waals surface area contributed by atoms with Gasteiger partial charge in [0.15, 0.2) is 11.6 Å². The maximum atomic E-state index is 13.9. The van der Waals surface area contributed by atoms with Crippen LogP contribution in [-0.4, -0.2) is 17.6 Å². The SMILES string of the molecule is Fc1ccc(-c2cncc(CNCC3CCc4cccc(F)c4O3)c2)cc1. The Kier molecular flexibility index (Phi) is 5.12. The van der Waals surface area contributed by atoms with Gasteiger partial charge in [-0.25, -0.2) is 8.78 Å². The first kappa shape index (κ1) is 17.6. The van der Waals surface area contributed by atoms with Crippen molar-refractivity contribution in [2.75, 3.05) is 6.54 Å². The van der Waals surface area contributed by atoms with E-state index in [0.717, 1.165) is 35.1 Å². The van der Waals surface area contributed by atoms with Gasteiger partial charge < -0.3 is 10.1 Å². The Morgan fingerprint density at radius 3 is 2.74 bits per heavy atom. The van der Waals surface area contributed by atoms with Crippen molar-refractivity contribution in [1.29, 1.82) is 0 Å². The van der Waals surface area contributed by atoms with Crippen molar-refractivity contribution < 1.29 is 13.5 Å². The lowest BCUT2D eigenvalue weighted by atomic mass is 10.0. The molecule has 138 valence electrons. The van der Waals surface area contributed by atoms with Gasteiger partial charge in [-0.15, -0.1) is 0 Å². The van der Waals surface area contributed by atoms with Gasteiger partial charge in [0.1, 0.15) is 11.9 Å². The molecule has 27 heavy (non-hydrogen) atoms. The predicted molar refractivity (Wildman–Crippen MR) is 100 cm³/mol. The highest BCUT2D eigenvalue weighted by atomic mass is 19.1. The van der Waals surface area contributed by atoms with Crippen LogP contribution in [0.25, 0.3) is 11.1 Å². The first-order valence-electron chi connectivity index (χ1n) is 9.03. The number of fused-ring (bicyclic) bond motifs is 1. The summed E-state index contributed by atoms with van der Waals surface area (Å²) in [6, 6.07) is 13.5. The Hall–Kier alpha value is -2.79. The van der Waals surface area contributed by atoms with Gasteiger partial charge in [-0.1, -0.05) is 24.3 Å². The lowest BCUT2D eigenvalue weighted by molar-refractivity contribution is 0.162. The van der Waals surface area contributed by atoms with E-state index in [-0.39, 0.29) is 17.7 Å². The number of ether oxygens (including phenoxy) is 1. The summed E-state index contributed by atoms with van der Waals surface area (Å²) in [5, 5.41) is 3.36. The molecule has 1 unspecified atom stereocenters. The molecule has 1 aromatic heterocycles. The molecule has 0 bridgehead atoms. The Morgan fingerprint density at radius 2 is 1.89 bits per heavy atom. The first-order valence-corrected chi connectivity index (χ1v) is 9.03. The van der Waals surface area contributed by atoms with Crippen molar-refractivity contribution >= 4 is 0 Å². The van der Waals surface area contributed by atoms with Crippen LogP contribution in [0.5, 0.6) is 5.75 Å². The fourth-order valence-corrected chi connectivity index (χ4v) is 3.33. The molecule has 3 nitrogen and oxygen atoms in total. The van der Waals surface area contributed by atoms with Crippen LogP contribution < -0.4 is 10.1 Å². The molecule has 0 aliphatic carbocycles. The second kappa shape index (κ2) is 7.84. The molecule has 2 heterocycles. The number of rotatable bonds is 5. The van der Waals surface area contributed by atoms with Crippen LogP contribution >= 0.6 is 0 Å². The third-order valence-electron chi connectivity index (χ3n) is 4.74. The van der Waals surface area contributed by atoms with E-state index in [1.54, 1.807) is 30.6 Å². The predicted octanol–water partition coefficient (Wildman–Crippen LogP) is 4.51. The summed E-state index contributed by atoms with van der Waals surface area (Å²) in [4.78, 5) is 4.28. The molecule has 2 aromatic carbocycles. The summed E-state index contributed by atoms with van der Waals surface area (Å²) in [6.45, 7) is 1.26. The van der Waals surface area contributed by atoms with E-state index in [1.165, 1.54) is 18.2 Å². The molecule has 0 radical (unpaired) electrons. The number of para-hydroxylation sites is 1. The summed E-state index contributed by atoms with van der Waals surface area (Å²) < 4.78 is 32.8. The number of nitrogens with zero attached hydrogens (tertiary/aromatic N) is 1. The topological polar surface area (TPSA) is 34.2 Å². The zero-order valence-electron chi connectivity index (χ0n) is 14.8. The Morgan fingerprint density at radius 1 is 1.04 bits per heavy atom. The number of hydrogen-bond acceptors (Lipinski definition) is 3. The molecule has 0 spiro atoms. The van der Waals surface area contributed by atoms with Crippen LogP contribution in [0, 0.1) is 11.6 Å². The van der Waals surface area contributed by atoms with E-state index in [2.05, 4.69) is 10.3 Å². The lowest BCUT2D eigenvalue weighted by Crippen LogP contribution is -2.34. The number of hydrogen-bond donors (Lipinski definition) is 1. The third-order valence-corrected chi connectivity index (χ3v) is 4.74. The largest absolute Gasteiger partial charge is 0.486 e. The van der Waals surface area contributed by atoms with Gasteiger partial charge in [0.2, 0.25) is 0 Å². The minimum absolute atomic E-state index is 0.0531. The van der Waals surface area contributed by atoms with Crippen molar-refractivity contribution in [3.8, 4) is 16.9 Å². The molecule has 3 aromatic rings. The van der Waals surface area contributed by atoms with Gasteiger partial charge in [0, 0.05) is 31.0 Å². The zero-order chi connectivity index (χ0) is 18.6. The van der Waals surface area contributed by atoms with E-state index in [1.807, 2.05) is 12.1 Å². The maximum absolute atomic E-state index is 13.9. The first-order chi connectivity index (χ1) is 13.2. The molecular formula is C22H20F2N2O. The second-order valence-corrected chi connectivity index (χ2v) is 6.73. The summed E-state index contributed by atoms with van der Waals surface area (Å²) in [5.74, 6) is -0.168. The minimum atomic E-state index is -0.298. The van der Waals surface area contributed by atoms with Gasteiger partial charge >= 0.3 is 0 Å². The summed E-state index contributed by atoms with van der Waals surface area (Å²) in [7, 11) is 0. The van der Waals surface area contributed by atoms with Crippen LogP contribution in [0.1, 0.15) is 17.5 Å². The molecule has 0 saturated carbocycles. The summed E-state index contributed by atoms with van der Waals surface area (Å²) >= 11 is 0. The highest BCUT2D eigenvalue weighted by Gasteiger charge is 2.22. The molecule has 1 atom stereocenters.